The molecule has 2 aromatic rings. The number of carbonyl (C=O) groups excluding carboxylic acids is 1. The smallest absolute Gasteiger partial charge is 0.254 e. The van der Waals surface area contributed by atoms with E-state index in [9.17, 15) is 9.59 Å². The van der Waals surface area contributed by atoms with Gasteiger partial charge in [-0.3, -0.25) is 9.59 Å². The number of para-hydroxylation sites is 1. The van der Waals surface area contributed by atoms with Gasteiger partial charge in [-0.05, 0) is 49.8 Å². The maximum Gasteiger partial charge on any atom is 0.254 e. The number of amides is 1. The summed E-state index contributed by atoms with van der Waals surface area (Å²) < 4.78 is 7.44. The molecule has 0 bridgehead atoms. The van der Waals surface area contributed by atoms with Crippen LogP contribution in [0.5, 0.6) is 5.75 Å². The van der Waals surface area contributed by atoms with E-state index in [1.54, 1.807) is 11.6 Å². The van der Waals surface area contributed by atoms with E-state index in [1.807, 2.05) is 24.3 Å². The van der Waals surface area contributed by atoms with E-state index < -0.39 is 0 Å². The van der Waals surface area contributed by atoms with Crippen LogP contribution in [-0.2, 0) is 11.8 Å². The third kappa shape index (κ3) is 6.08. The van der Waals surface area contributed by atoms with Gasteiger partial charge < -0.3 is 19.5 Å². The summed E-state index contributed by atoms with van der Waals surface area (Å²) in [5, 5.41) is 3.92. The summed E-state index contributed by atoms with van der Waals surface area (Å²) in [6.07, 6.45) is 3.36. The lowest BCUT2D eigenvalue weighted by atomic mass is 9.92. The molecule has 1 aromatic carbocycles. The first-order valence-corrected chi connectivity index (χ1v) is 11.1. The predicted octanol–water partition coefficient (Wildman–Crippen LogP) is 3.18. The van der Waals surface area contributed by atoms with Crippen LogP contribution in [0.1, 0.15) is 39.5 Å². The third-order valence-corrected chi connectivity index (χ3v) is 5.84. The number of benzene rings is 1. The lowest BCUT2D eigenvalue weighted by molar-refractivity contribution is -0.121. The van der Waals surface area contributed by atoms with Crippen molar-refractivity contribution < 1.29 is 9.53 Å². The molecular weight excluding hydrogens is 378 g/mol. The minimum absolute atomic E-state index is 0.0628. The standard InChI is InChI=1S/C24H35N3O3/c1-18-14-19(2)17-27(16-18)12-7-11-25-23(28)10-6-13-30-22-15-24(29)26(3)21-9-5-4-8-20(21)22/h4-5,8-9,15,18-19H,6-7,10-14,16-17H2,1-3H3,(H,25,28)/t18-,19-/m1/s1. The molecule has 1 aliphatic heterocycles. The minimum atomic E-state index is -0.0982. The van der Waals surface area contributed by atoms with E-state index in [2.05, 4.69) is 24.1 Å². The Kier molecular flexibility index (Phi) is 7.91. The fourth-order valence-corrected chi connectivity index (χ4v) is 4.51. The Balaban J connectivity index is 1.35. The molecule has 2 heterocycles. The van der Waals surface area contributed by atoms with Gasteiger partial charge in [0.15, 0.2) is 0 Å². The Labute approximate surface area is 179 Å². The lowest BCUT2D eigenvalue weighted by Gasteiger charge is -2.34. The Morgan fingerprint density at radius 2 is 1.90 bits per heavy atom. The van der Waals surface area contributed by atoms with Gasteiger partial charge in [-0.15, -0.1) is 0 Å². The molecule has 1 amide bonds. The van der Waals surface area contributed by atoms with Crippen molar-refractivity contribution in [1.82, 2.24) is 14.8 Å². The first-order valence-electron chi connectivity index (χ1n) is 11.1. The van der Waals surface area contributed by atoms with Crippen LogP contribution >= 0.6 is 0 Å². The van der Waals surface area contributed by atoms with E-state index in [1.165, 1.54) is 25.6 Å². The molecule has 0 radical (unpaired) electrons. The number of fused-ring (bicyclic) bond motifs is 1. The Hall–Kier alpha value is -2.34. The van der Waals surface area contributed by atoms with Gasteiger partial charge in [-0.2, -0.15) is 0 Å². The molecule has 2 atom stereocenters. The first kappa shape index (κ1) is 22.3. The van der Waals surface area contributed by atoms with E-state index in [-0.39, 0.29) is 11.5 Å². The van der Waals surface area contributed by atoms with E-state index in [0.29, 0.717) is 25.2 Å². The van der Waals surface area contributed by atoms with Gasteiger partial charge >= 0.3 is 0 Å². The zero-order valence-electron chi connectivity index (χ0n) is 18.5. The van der Waals surface area contributed by atoms with Gasteiger partial charge in [-0.1, -0.05) is 26.0 Å². The van der Waals surface area contributed by atoms with Crippen molar-refractivity contribution in [3.8, 4) is 5.75 Å². The molecule has 3 rings (SSSR count). The highest BCUT2D eigenvalue weighted by molar-refractivity contribution is 5.85. The number of carbonyl (C=O) groups is 1. The second-order valence-corrected chi connectivity index (χ2v) is 8.78. The van der Waals surface area contributed by atoms with Crippen molar-refractivity contribution in [2.75, 3.05) is 32.8 Å². The van der Waals surface area contributed by atoms with Gasteiger partial charge in [0.25, 0.3) is 5.56 Å². The average Bonchev–Trinajstić information content (AvgIpc) is 2.71. The SMILES string of the molecule is C[C@@H]1C[C@@H](C)CN(CCCNC(=O)CCCOc2cc(=O)n(C)c3ccccc23)C1. The van der Waals surface area contributed by atoms with Crippen LogP contribution < -0.4 is 15.6 Å². The first-order chi connectivity index (χ1) is 14.4. The van der Waals surface area contributed by atoms with Gasteiger partial charge in [0, 0.05) is 44.6 Å². The largest absolute Gasteiger partial charge is 0.493 e. The van der Waals surface area contributed by atoms with E-state index in [0.717, 1.165) is 42.2 Å². The highest BCUT2D eigenvalue weighted by Crippen LogP contribution is 2.23. The number of rotatable bonds is 9. The van der Waals surface area contributed by atoms with Crippen LogP contribution in [0, 0.1) is 11.8 Å². The summed E-state index contributed by atoms with van der Waals surface area (Å²) in [5.74, 6) is 2.18. The summed E-state index contributed by atoms with van der Waals surface area (Å²) in [6.45, 7) is 9.17. The van der Waals surface area contributed by atoms with Crippen LogP contribution in [-0.4, -0.2) is 48.2 Å². The fraction of sp³-hybridized carbons (Fsp3) is 0.583. The van der Waals surface area contributed by atoms with Crippen molar-refractivity contribution in [2.24, 2.45) is 18.9 Å². The highest BCUT2D eigenvalue weighted by atomic mass is 16.5. The molecule has 0 spiro atoms. The summed E-state index contributed by atoms with van der Waals surface area (Å²) in [6, 6.07) is 9.20. The van der Waals surface area contributed by atoms with Crippen molar-refractivity contribution in [3.05, 3.63) is 40.7 Å². The molecule has 0 saturated carbocycles. The molecule has 1 fully saturated rings. The Morgan fingerprint density at radius 1 is 1.17 bits per heavy atom. The molecule has 6 heteroatoms. The molecule has 0 unspecified atom stereocenters. The number of nitrogens with one attached hydrogen (secondary N) is 1. The van der Waals surface area contributed by atoms with Crippen LogP contribution in [0.4, 0.5) is 0 Å². The molecule has 1 N–H and O–H groups in total. The second kappa shape index (κ2) is 10.6. The van der Waals surface area contributed by atoms with Gasteiger partial charge in [0.2, 0.25) is 5.91 Å². The number of hydrogen-bond acceptors (Lipinski definition) is 4. The van der Waals surface area contributed by atoms with E-state index in [4.69, 9.17) is 4.74 Å². The van der Waals surface area contributed by atoms with Crippen LogP contribution in [0.15, 0.2) is 35.1 Å². The maximum absolute atomic E-state index is 12.1. The van der Waals surface area contributed by atoms with Crippen LogP contribution in [0.3, 0.4) is 0 Å². The number of ether oxygens (including phenoxy) is 1. The van der Waals surface area contributed by atoms with Crippen molar-refractivity contribution >= 4 is 16.8 Å². The summed E-state index contributed by atoms with van der Waals surface area (Å²) in [5.41, 5.74) is 0.745. The lowest BCUT2D eigenvalue weighted by Crippen LogP contribution is -2.40. The third-order valence-electron chi connectivity index (χ3n) is 5.84. The van der Waals surface area contributed by atoms with Gasteiger partial charge in [-0.25, -0.2) is 0 Å². The highest BCUT2D eigenvalue weighted by Gasteiger charge is 2.21. The van der Waals surface area contributed by atoms with Crippen LogP contribution in [0.25, 0.3) is 10.9 Å². The molecule has 1 aromatic heterocycles. The average molecular weight is 414 g/mol. The van der Waals surface area contributed by atoms with Crippen molar-refractivity contribution in [2.45, 2.75) is 39.5 Å². The molecular formula is C24H35N3O3. The Bertz CT molecular complexity index is 898. The molecule has 30 heavy (non-hydrogen) atoms. The molecule has 6 nitrogen and oxygen atoms in total. The fourth-order valence-electron chi connectivity index (χ4n) is 4.51. The number of likely N-dealkylation sites (tertiary alicyclic amines) is 1. The number of aromatic nitrogens is 1. The van der Waals surface area contributed by atoms with E-state index >= 15 is 0 Å². The van der Waals surface area contributed by atoms with Crippen molar-refractivity contribution in [3.63, 3.8) is 0 Å². The summed E-state index contributed by atoms with van der Waals surface area (Å²) in [7, 11) is 1.76. The molecule has 164 valence electrons. The van der Waals surface area contributed by atoms with Gasteiger partial charge in [0.05, 0.1) is 12.1 Å². The maximum atomic E-state index is 12.1. The molecule has 0 aliphatic carbocycles. The van der Waals surface area contributed by atoms with Crippen molar-refractivity contribution in [1.29, 1.82) is 0 Å². The minimum Gasteiger partial charge on any atom is -0.493 e. The number of pyridine rings is 1. The number of piperidine rings is 1. The number of aryl methyl sites for hydroxylation is 1. The number of nitrogens with zero attached hydrogens (tertiary/aromatic N) is 2. The van der Waals surface area contributed by atoms with Crippen LogP contribution in [0.2, 0.25) is 0 Å². The summed E-state index contributed by atoms with van der Waals surface area (Å²) >= 11 is 0. The quantitative estimate of drug-likeness (QED) is 0.642. The second-order valence-electron chi connectivity index (χ2n) is 8.78. The molecule has 1 saturated heterocycles. The zero-order valence-corrected chi connectivity index (χ0v) is 18.5. The van der Waals surface area contributed by atoms with Gasteiger partial charge in [0.1, 0.15) is 5.75 Å². The molecule has 1 aliphatic rings. The normalized spacial score (nSPS) is 19.7. The zero-order chi connectivity index (χ0) is 21.5. The Morgan fingerprint density at radius 3 is 2.67 bits per heavy atom. The summed E-state index contributed by atoms with van der Waals surface area (Å²) in [4.78, 5) is 26.7. The number of hydrogen-bond donors (Lipinski definition) is 1. The predicted molar refractivity (Wildman–Crippen MR) is 121 cm³/mol. The monoisotopic (exact) mass is 413 g/mol. The topological polar surface area (TPSA) is 63.6 Å².